The van der Waals surface area contributed by atoms with Crippen LogP contribution in [0.4, 0.5) is 17.1 Å². The van der Waals surface area contributed by atoms with Gasteiger partial charge in [0, 0.05) is 140 Å². The van der Waals surface area contributed by atoms with E-state index < -0.39 is 66.5 Å². The fourth-order valence-corrected chi connectivity index (χ4v) is 16.6. The lowest BCUT2D eigenvalue weighted by atomic mass is 9.72. The minimum absolute atomic E-state index is 0.00522. The van der Waals surface area contributed by atoms with Gasteiger partial charge in [-0.3, -0.25) is 48.8 Å². The highest BCUT2D eigenvalue weighted by Crippen LogP contribution is 2.44. The lowest BCUT2D eigenvalue weighted by Crippen LogP contribution is -2.57. The summed E-state index contributed by atoms with van der Waals surface area (Å²) >= 11 is 7.86. The van der Waals surface area contributed by atoms with Crippen molar-refractivity contribution in [3.63, 3.8) is 0 Å². The molecule has 12 rings (SSSR count). The fraction of sp³-hybridized carbons (Fsp3) is 0.474. The number of allylic oxidation sites excluding steroid dienone is 1. The Balaban J connectivity index is 0.561. The number of aryl methyl sites for hydroxylation is 1. The third-order valence-corrected chi connectivity index (χ3v) is 23.5. The van der Waals surface area contributed by atoms with E-state index in [4.69, 9.17) is 25.8 Å². The molecule has 109 heavy (non-hydrogen) atoms. The number of likely N-dealkylation sites (tertiary alicyclic amines) is 1. The maximum absolute atomic E-state index is 14.6. The zero-order chi connectivity index (χ0) is 77.3. The first-order chi connectivity index (χ1) is 52.2. The molecule has 4 amide bonds. The minimum atomic E-state index is -4.73. The zero-order valence-corrected chi connectivity index (χ0v) is 65.2. The Morgan fingerprint density at radius 1 is 0.844 bits per heavy atom. The van der Waals surface area contributed by atoms with Crippen molar-refractivity contribution < 1.29 is 51.8 Å². The highest BCUT2D eigenvalue weighted by molar-refractivity contribution is 7.90. The second-order valence-corrected chi connectivity index (χ2v) is 33.3. The van der Waals surface area contributed by atoms with Crippen molar-refractivity contribution >= 4 is 101 Å². The van der Waals surface area contributed by atoms with Gasteiger partial charge in [-0.2, -0.15) is 0 Å². The number of aliphatic hydroxyl groups excluding tert-OH is 1. The Labute approximate surface area is 643 Å². The van der Waals surface area contributed by atoms with Gasteiger partial charge in [-0.15, -0.1) is 11.3 Å². The van der Waals surface area contributed by atoms with E-state index in [0.29, 0.717) is 74.1 Å². The molecule has 0 radical (unpaired) electrons. The number of nitrogens with zero attached hydrogens (tertiary/aromatic N) is 10. The Morgan fingerprint density at radius 2 is 1.52 bits per heavy atom. The molecule has 4 aromatic carbocycles. The number of rotatable bonds is 31. The first kappa shape index (κ1) is 79.6. The number of ether oxygens (including phenoxy) is 3. The average Bonchev–Trinajstić information content (AvgIpc) is 1.60. The van der Waals surface area contributed by atoms with E-state index >= 15 is 0 Å². The molecule has 31 heteroatoms. The predicted octanol–water partition coefficient (Wildman–Crippen LogP) is 8.38. The summed E-state index contributed by atoms with van der Waals surface area (Å²) in [4.78, 5) is 104. The van der Waals surface area contributed by atoms with E-state index in [2.05, 4.69) is 81.2 Å². The summed E-state index contributed by atoms with van der Waals surface area (Å²) in [5.74, 6) is -2.23. The lowest BCUT2D eigenvalue weighted by Gasteiger charge is -2.39. The molecule has 0 spiro atoms. The van der Waals surface area contributed by atoms with Crippen LogP contribution in [0.25, 0.3) is 43.8 Å². The van der Waals surface area contributed by atoms with E-state index in [1.54, 1.807) is 59.0 Å². The van der Waals surface area contributed by atoms with Gasteiger partial charge in [-0.05, 0) is 114 Å². The van der Waals surface area contributed by atoms with Gasteiger partial charge in [-0.1, -0.05) is 88.2 Å². The highest BCUT2D eigenvalue weighted by Gasteiger charge is 2.45. The first-order valence-corrected chi connectivity index (χ1v) is 39.9. The molecule has 28 nitrogen and oxygen atoms in total. The van der Waals surface area contributed by atoms with Crippen LogP contribution in [0.15, 0.2) is 124 Å². The number of sulfonamides is 1. The Kier molecular flexibility index (Phi) is 25.5. The van der Waals surface area contributed by atoms with Crippen LogP contribution in [-0.4, -0.2) is 229 Å². The van der Waals surface area contributed by atoms with Gasteiger partial charge in [0.1, 0.15) is 23.4 Å². The number of hydrogen-bond acceptors (Lipinski definition) is 21. The maximum atomic E-state index is 14.6. The molecule has 6 N–H and O–H groups in total. The predicted molar refractivity (Wildman–Crippen MR) is 421 cm³/mol. The summed E-state index contributed by atoms with van der Waals surface area (Å²) in [7, 11) is -3.17. The van der Waals surface area contributed by atoms with Crippen molar-refractivity contribution in [2.45, 2.75) is 103 Å². The monoisotopic (exact) mass is 1550 g/mol. The van der Waals surface area contributed by atoms with E-state index in [9.17, 15) is 47.6 Å². The molecule has 3 aliphatic heterocycles. The van der Waals surface area contributed by atoms with E-state index in [0.717, 1.165) is 98.5 Å². The summed E-state index contributed by atoms with van der Waals surface area (Å²) in [6, 6.07) is 26.3. The number of halogens is 1. The van der Waals surface area contributed by atoms with Crippen molar-refractivity contribution in [2.75, 3.05) is 135 Å². The van der Waals surface area contributed by atoms with Gasteiger partial charge >= 0.3 is 0 Å². The SMILES string of the molecule is Cc1ncsc1-c1ccc(CNC(=O)[C@@H]2C[C@@H](O)CN2C(=O)[C@@H](NC(=O)CCOCCOCCOCCN2CCN(CCNc3ccc(S(=O)(=O)NC(=O)c4ccc(N5CCN(CC6=C(c7ccc(Cl)cc7)CC(C)(C)CC6)CC5)cc4-n4c5cc6cc[nH]c6nc5c(=O)n4C)cc3[N+](=O)[O-])CC2)C(C)(C)C)cc1. The van der Waals surface area contributed by atoms with Crippen LogP contribution in [0.5, 0.6) is 0 Å². The van der Waals surface area contributed by atoms with E-state index in [1.807, 2.05) is 70.2 Å². The van der Waals surface area contributed by atoms with Crippen molar-refractivity contribution in [1.82, 2.24) is 59.3 Å². The molecule has 0 unspecified atom stereocenters. The highest BCUT2D eigenvalue weighted by atomic mass is 35.5. The molecule has 7 heterocycles. The molecule has 4 aliphatic rings. The normalized spacial score (nSPS) is 17.8. The van der Waals surface area contributed by atoms with Crippen LogP contribution < -0.4 is 31.1 Å². The number of nitrogens with one attached hydrogen (secondary N) is 5. The average molecular weight is 1550 g/mol. The van der Waals surface area contributed by atoms with Crippen molar-refractivity contribution in [2.24, 2.45) is 17.9 Å². The number of hydrogen-bond donors (Lipinski definition) is 6. The van der Waals surface area contributed by atoms with Gasteiger partial charge in [-0.25, -0.2) is 32.5 Å². The number of benzene rings is 4. The van der Waals surface area contributed by atoms with Crippen molar-refractivity contribution in [3.8, 4) is 16.1 Å². The molecule has 3 fully saturated rings. The summed E-state index contributed by atoms with van der Waals surface area (Å²) in [5.41, 5.74) is 9.29. The van der Waals surface area contributed by atoms with Crippen molar-refractivity contribution in [1.29, 1.82) is 0 Å². The molecule has 1 aliphatic carbocycles. The molecule has 3 saturated heterocycles. The Hall–Kier alpha value is -8.95. The largest absolute Gasteiger partial charge is 0.391 e. The number of pyridine rings is 1. The second kappa shape index (κ2) is 35.0. The lowest BCUT2D eigenvalue weighted by molar-refractivity contribution is -0.384. The quantitative estimate of drug-likeness (QED) is 0.0135. The summed E-state index contributed by atoms with van der Waals surface area (Å²) in [5, 5.41) is 33.5. The number of nitro groups is 1. The van der Waals surface area contributed by atoms with Crippen LogP contribution in [-0.2, 0) is 52.2 Å². The Bertz CT molecular complexity index is 4810. The van der Waals surface area contributed by atoms with E-state index in [1.165, 1.54) is 38.4 Å². The molecule has 0 saturated carbocycles. The Morgan fingerprint density at radius 3 is 2.21 bits per heavy atom. The molecule has 4 aromatic heterocycles. The molecule has 0 bridgehead atoms. The van der Waals surface area contributed by atoms with Crippen molar-refractivity contribution in [3.05, 3.63) is 162 Å². The smallest absolute Gasteiger partial charge is 0.293 e. The summed E-state index contributed by atoms with van der Waals surface area (Å²) < 4.78 is 50.8. The van der Waals surface area contributed by atoms with Crippen LogP contribution in [0.3, 0.4) is 0 Å². The zero-order valence-electron chi connectivity index (χ0n) is 62.8. The molecular weight excluding hydrogens is 1450 g/mol. The maximum Gasteiger partial charge on any atom is 0.293 e. The molecule has 582 valence electrons. The number of thiazole rings is 1. The van der Waals surface area contributed by atoms with Crippen LogP contribution in [0, 0.1) is 27.9 Å². The number of H-pyrrole nitrogens is 1. The number of nitro benzene ring substituents is 1. The fourth-order valence-electron chi connectivity index (χ4n) is 14.7. The van der Waals surface area contributed by atoms with Crippen LogP contribution in [0.2, 0.25) is 5.02 Å². The topological polar surface area (TPSA) is 326 Å². The number of carbonyl (C=O) groups is 4. The summed E-state index contributed by atoms with van der Waals surface area (Å²) in [6.45, 7) is 22.4. The number of carbonyl (C=O) groups excluding carboxylic acids is 4. The van der Waals surface area contributed by atoms with Gasteiger partial charge in [0.15, 0.2) is 5.52 Å². The third-order valence-electron chi connectivity index (χ3n) is 20.9. The second-order valence-electron chi connectivity index (χ2n) is 30.3. The summed E-state index contributed by atoms with van der Waals surface area (Å²) in [6.07, 6.45) is 3.97. The molecular formula is C78H98ClN15O13S2. The van der Waals surface area contributed by atoms with Gasteiger partial charge in [0.2, 0.25) is 17.7 Å². The number of aromatic nitrogens is 5. The number of amides is 4. The van der Waals surface area contributed by atoms with Gasteiger partial charge in [0.05, 0.1) is 88.4 Å². The number of aliphatic hydroxyl groups is 1. The third kappa shape index (κ3) is 19.6. The minimum Gasteiger partial charge on any atom is -0.391 e. The van der Waals surface area contributed by atoms with Crippen LogP contribution in [0.1, 0.15) is 93.9 Å². The first-order valence-electron chi connectivity index (χ1n) is 37.1. The van der Waals surface area contributed by atoms with Gasteiger partial charge in [0.25, 0.3) is 27.2 Å². The van der Waals surface area contributed by atoms with E-state index in [-0.39, 0.29) is 85.4 Å². The molecule has 8 aromatic rings. The number of piperazine rings is 2. The number of fused-ring (bicyclic) bond motifs is 2. The van der Waals surface area contributed by atoms with Gasteiger partial charge < -0.3 is 50.1 Å². The molecule has 3 atom stereocenters. The standard InChI is InChI=1S/C78H98ClN15O13S2/c1-51-70(108-50-83-51)54-10-8-52(9-11-54)47-82-74(98)67-44-59(95)49-92(67)76(100)71(77(2,3)4)84-68(96)22-36-105-38-40-107-41-39-106-37-35-89-29-27-88(28-30-89)26-25-80-63-19-17-60(45-65(63)94(101)102)109(103,104)86-73(97)61-18-16-58(43-64(61)93-66-42-55-21-24-81-72(55)85-69(66)75(99)87(93)7)91-33-31-90(32-34-91)48-56-20-23-78(5,6)46-62(56)53-12-14-57(79)15-13-53/h8-19,21,24,42-43,45,50,59,67,71,80,95H,20,22-23,25-41,44,46-49H2,1-7H3,(H,81,85)(H,82,98)(H,84,96)(H,86,97)/t59-,67+,71-/m1/s1. The number of aromatic amines is 1. The number of anilines is 2. The number of β-amino-alcohol motifs (C(OH)–C–C–N with tert-alkyl or cyclic N) is 1. The van der Waals surface area contributed by atoms with Crippen LogP contribution >= 0.6 is 22.9 Å².